The summed E-state index contributed by atoms with van der Waals surface area (Å²) in [5.41, 5.74) is 4.01. The first kappa shape index (κ1) is 13.5. The second-order valence-corrected chi connectivity index (χ2v) is 5.65. The predicted molar refractivity (Wildman–Crippen MR) is 77.1 cm³/mol. The highest BCUT2D eigenvalue weighted by molar-refractivity contribution is 6.31. The minimum Gasteiger partial charge on any atom is -0.307 e. The van der Waals surface area contributed by atoms with Gasteiger partial charge in [-0.2, -0.15) is 0 Å². The summed E-state index contributed by atoms with van der Waals surface area (Å²) in [7, 11) is 0. The van der Waals surface area contributed by atoms with E-state index in [1.165, 1.54) is 11.6 Å². The van der Waals surface area contributed by atoms with Gasteiger partial charge >= 0.3 is 0 Å². The highest BCUT2D eigenvalue weighted by Crippen LogP contribution is 2.28. The molecule has 2 heterocycles. The number of halogens is 2. The molecule has 0 unspecified atom stereocenters. The molecule has 0 amide bonds. The molecule has 1 N–H and O–H groups in total. The van der Waals surface area contributed by atoms with Crippen LogP contribution in [0, 0.1) is 5.82 Å². The van der Waals surface area contributed by atoms with Crippen LogP contribution in [0.25, 0.3) is 11.4 Å². The van der Waals surface area contributed by atoms with Crippen molar-refractivity contribution < 1.29 is 4.39 Å². The fourth-order valence-corrected chi connectivity index (χ4v) is 2.62. The summed E-state index contributed by atoms with van der Waals surface area (Å²) in [4.78, 5) is 9.24. The number of nitrogens with zero attached hydrogens (tertiary/aromatic N) is 2. The highest BCUT2D eigenvalue weighted by atomic mass is 35.5. The molecule has 5 heteroatoms. The molecule has 20 heavy (non-hydrogen) atoms. The first-order valence-corrected chi connectivity index (χ1v) is 7.00. The number of benzene rings is 1. The monoisotopic (exact) mass is 291 g/mol. The van der Waals surface area contributed by atoms with Crippen molar-refractivity contribution in [3.63, 3.8) is 0 Å². The van der Waals surface area contributed by atoms with Gasteiger partial charge in [0.15, 0.2) is 5.82 Å². The van der Waals surface area contributed by atoms with Gasteiger partial charge in [-0.15, -0.1) is 0 Å². The predicted octanol–water partition coefficient (Wildman–Crippen LogP) is 3.66. The van der Waals surface area contributed by atoms with Crippen LogP contribution in [0.1, 0.15) is 36.7 Å². The van der Waals surface area contributed by atoms with E-state index in [2.05, 4.69) is 29.1 Å². The number of hydrogen-bond donors (Lipinski definition) is 1. The Morgan fingerprint density at radius 2 is 2.05 bits per heavy atom. The van der Waals surface area contributed by atoms with Gasteiger partial charge in [-0.25, -0.2) is 14.4 Å². The summed E-state index contributed by atoms with van der Waals surface area (Å²) >= 11 is 5.84. The molecule has 2 aromatic rings. The standard InChI is InChI=1S/C15H15ClFN3/c1-8(2)14-10-6-18-7-13(10)19-15(20-14)9-3-4-12(17)11(16)5-9/h3-5,8,18H,6-7H2,1-2H3. The van der Waals surface area contributed by atoms with Gasteiger partial charge in [-0.3, -0.25) is 0 Å². The largest absolute Gasteiger partial charge is 0.307 e. The first-order valence-electron chi connectivity index (χ1n) is 6.62. The molecule has 1 aromatic heterocycles. The van der Waals surface area contributed by atoms with Gasteiger partial charge in [0.2, 0.25) is 0 Å². The van der Waals surface area contributed by atoms with E-state index in [1.807, 2.05) is 0 Å². The van der Waals surface area contributed by atoms with Crippen LogP contribution in [0.3, 0.4) is 0 Å². The lowest BCUT2D eigenvalue weighted by Gasteiger charge is -2.12. The summed E-state index contributed by atoms with van der Waals surface area (Å²) in [6, 6.07) is 4.59. The molecule has 0 fully saturated rings. The molecule has 0 atom stereocenters. The van der Waals surface area contributed by atoms with Gasteiger partial charge in [0.05, 0.1) is 16.4 Å². The van der Waals surface area contributed by atoms with E-state index in [1.54, 1.807) is 12.1 Å². The van der Waals surface area contributed by atoms with Crippen molar-refractivity contribution in [2.45, 2.75) is 32.9 Å². The van der Waals surface area contributed by atoms with Crippen LogP contribution in [0.4, 0.5) is 4.39 Å². The molecule has 0 bridgehead atoms. The minimum atomic E-state index is -0.428. The summed E-state index contributed by atoms with van der Waals surface area (Å²) in [6.45, 7) is 5.79. The van der Waals surface area contributed by atoms with E-state index in [9.17, 15) is 4.39 Å². The summed E-state index contributed by atoms with van der Waals surface area (Å²) < 4.78 is 13.3. The van der Waals surface area contributed by atoms with Gasteiger partial charge in [-0.05, 0) is 24.1 Å². The number of fused-ring (bicyclic) bond motifs is 1. The van der Waals surface area contributed by atoms with Crippen LogP contribution in [-0.2, 0) is 13.1 Å². The van der Waals surface area contributed by atoms with Crippen molar-refractivity contribution in [2.75, 3.05) is 0 Å². The Bertz CT molecular complexity index is 670. The fourth-order valence-electron chi connectivity index (χ4n) is 2.44. The Balaban J connectivity index is 2.14. The minimum absolute atomic E-state index is 0.0934. The highest BCUT2D eigenvalue weighted by Gasteiger charge is 2.21. The lowest BCUT2D eigenvalue weighted by Crippen LogP contribution is -2.05. The smallest absolute Gasteiger partial charge is 0.159 e. The molecule has 0 spiro atoms. The molecule has 3 nitrogen and oxygen atoms in total. The van der Waals surface area contributed by atoms with Crippen LogP contribution in [0.15, 0.2) is 18.2 Å². The maximum Gasteiger partial charge on any atom is 0.159 e. The quantitative estimate of drug-likeness (QED) is 0.917. The molecular formula is C15H15ClFN3. The van der Waals surface area contributed by atoms with Crippen molar-refractivity contribution in [3.05, 3.63) is 46.0 Å². The zero-order chi connectivity index (χ0) is 14.3. The number of rotatable bonds is 2. The Morgan fingerprint density at radius 3 is 2.75 bits per heavy atom. The third kappa shape index (κ3) is 2.30. The average molecular weight is 292 g/mol. The van der Waals surface area contributed by atoms with Crippen LogP contribution in [-0.4, -0.2) is 9.97 Å². The van der Waals surface area contributed by atoms with E-state index in [-0.39, 0.29) is 5.02 Å². The normalized spacial score (nSPS) is 13.8. The first-order chi connectivity index (χ1) is 9.56. The van der Waals surface area contributed by atoms with Crippen LogP contribution in [0.5, 0.6) is 0 Å². The Kier molecular flexibility index (Phi) is 3.44. The van der Waals surface area contributed by atoms with E-state index in [0.29, 0.717) is 11.7 Å². The van der Waals surface area contributed by atoms with Gasteiger partial charge in [0, 0.05) is 24.2 Å². The third-order valence-electron chi connectivity index (χ3n) is 3.44. The Hall–Kier alpha value is -1.52. The lowest BCUT2D eigenvalue weighted by molar-refractivity contribution is 0.628. The van der Waals surface area contributed by atoms with Gasteiger partial charge in [-0.1, -0.05) is 25.4 Å². The van der Waals surface area contributed by atoms with Crippen molar-refractivity contribution in [1.29, 1.82) is 0 Å². The molecule has 1 aliphatic heterocycles. The topological polar surface area (TPSA) is 37.8 Å². The maximum absolute atomic E-state index is 13.3. The summed E-state index contributed by atoms with van der Waals surface area (Å²) in [6.07, 6.45) is 0. The summed E-state index contributed by atoms with van der Waals surface area (Å²) in [5.74, 6) is 0.502. The molecule has 0 saturated heterocycles. The molecule has 1 aromatic carbocycles. The van der Waals surface area contributed by atoms with E-state index in [4.69, 9.17) is 11.6 Å². The van der Waals surface area contributed by atoms with Crippen LogP contribution in [0.2, 0.25) is 5.02 Å². The van der Waals surface area contributed by atoms with Gasteiger partial charge in [0.25, 0.3) is 0 Å². The van der Waals surface area contributed by atoms with Crippen LogP contribution >= 0.6 is 11.6 Å². The van der Waals surface area contributed by atoms with Gasteiger partial charge < -0.3 is 5.32 Å². The SMILES string of the molecule is CC(C)c1nc(-c2ccc(F)c(Cl)c2)nc2c1CNC2. The fraction of sp³-hybridized carbons (Fsp3) is 0.333. The van der Waals surface area contributed by atoms with Crippen molar-refractivity contribution in [2.24, 2.45) is 0 Å². The van der Waals surface area contributed by atoms with E-state index < -0.39 is 5.82 Å². The molecule has 3 rings (SSSR count). The molecule has 0 aliphatic carbocycles. The Labute approximate surface area is 122 Å². The number of nitrogens with one attached hydrogen (secondary N) is 1. The zero-order valence-corrected chi connectivity index (χ0v) is 12.1. The average Bonchev–Trinajstić information content (AvgIpc) is 2.88. The van der Waals surface area contributed by atoms with Crippen LogP contribution < -0.4 is 5.32 Å². The van der Waals surface area contributed by atoms with Crippen molar-refractivity contribution in [3.8, 4) is 11.4 Å². The lowest BCUT2D eigenvalue weighted by atomic mass is 10.0. The zero-order valence-electron chi connectivity index (χ0n) is 11.4. The summed E-state index contributed by atoms with van der Waals surface area (Å²) in [5, 5.41) is 3.39. The molecular weight excluding hydrogens is 277 g/mol. The second kappa shape index (κ2) is 5.11. The molecule has 0 saturated carbocycles. The second-order valence-electron chi connectivity index (χ2n) is 5.24. The van der Waals surface area contributed by atoms with E-state index >= 15 is 0 Å². The van der Waals surface area contributed by atoms with Gasteiger partial charge in [0.1, 0.15) is 5.82 Å². The number of hydrogen-bond acceptors (Lipinski definition) is 3. The van der Waals surface area contributed by atoms with Crippen molar-refractivity contribution in [1.82, 2.24) is 15.3 Å². The molecule has 0 radical (unpaired) electrons. The third-order valence-corrected chi connectivity index (χ3v) is 3.73. The molecule has 104 valence electrons. The molecule has 1 aliphatic rings. The number of aromatic nitrogens is 2. The Morgan fingerprint density at radius 1 is 1.25 bits per heavy atom. The maximum atomic E-state index is 13.3. The van der Waals surface area contributed by atoms with Crippen molar-refractivity contribution >= 4 is 11.6 Å². The van der Waals surface area contributed by atoms with E-state index in [0.717, 1.165) is 30.0 Å².